The first-order valence-corrected chi connectivity index (χ1v) is 11.8. The van der Waals surface area contributed by atoms with Crippen LogP contribution >= 0.6 is 0 Å². The van der Waals surface area contributed by atoms with Crippen LogP contribution in [-0.2, 0) is 14.2 Å². The van der Waals surface area contributed by atoms with Crippen LogP contribution in [0.25, 0.3) is 0 Å². The van der Waals surface area contributed by atoms with Crippen molar-refractivity contribution < 1.29 is 64.6 Å². The molecule has 8 N–H and O–H groups in total. The molecule has 1 unspecified atom stereocenters. The highest BCUT2D eigenvalue weighted by Crippen LogP contribution is 2.32. The lowest BCUT2D eigenvalue weighted by Gasteiger charge is -2.45. The first-order chi connectivity index (χ1) is 18.2. The lowest BCUT2D eigenvalue weighted by atomic mass is 9.97. The molecule has 0 bridgehead atoms. The van der Waals surface area contributed by atoms with E-state index < -0.39 is 86.2 Å². The summed E-state index contributed by atoms with van der Waals surface area (Å²) in [6.07, 6.45) is -16.0. The van der Waals surface area contributed by atoms with Gasteiger partial charge in [0, 0.05) is 11.6 Å². The molecule has 2 saturated heterocycles. The van der Waals surface area contributed by atoms with Gasteiger partial charge in [-0.2, -0.15) is 0 Å². The minimum atomic E-state index is -1.79. The van der Waals surface area contributed by atoms with Crippen molar-refractivity contribution in [3.8, 4) is 11.5 Å². The topological polar surface area (TPSA) is 216 Å². The van der Waals surface area contributed by atoms with Crippen molar-refractivity contribution in [3.05, 3.63) is 59.7 Å². The van der Waals surface area contributed by atoms with Gasteiger partial charge in [0.05, 0.1) is 18.8 Å². The molecule has 38 heavy (non-hydrogen) atoms. The zero-order valence-electron chi connectivity index (χ0n) is 19.9. The molecule has 2 fully saturated rings. The SMILES string of the molecule is O=C(c1ccccc1)c1ccc(OC2O[C@H](CO)[C@@H](O[C@@H]3O[C@H](CO)[C@H](O)[C@H](O)[C@H]3O)[C@H](O)[C@H]2O)cc1O. The lowest BCUT2D eigenvalue weighted by molar-refractivity contribution is -0.352. The van der Waals surface area contributed by atoms with Gasteiger partial charge in [0.15, 0.2) is 12.1 Å². The second kappa shape index (κ2) is 12.0. The van der Waals surface area contributed by atoms with Gasteiger partial charge in [-0.15, -0.1) is 0 Å². The van der Waals surface area contributed by atoms with Gasteiger partial charge in [0.1, 0.15) is 60.3 Å². The molecule has 2 heterocycles. The molecule has 13 nitrogen and oxygen atoms in total. The van der Waals surface area contributed by atoms with Gasteiger partial charge in [-0.25, -0.2) is 0 Å². The average molecular weight is 539 g/mol. The molecule has 0 aromatic heterocycles. The molecular formula is C25H30O13. The zero-order chi connectivity index (χ0) is 27.6. The van der Waals surface area contributed by atoms with Crippen molar-refractivity contribution in [1.29, 1.82) is 0 Å². The van der Waals surface area contributed by atoms with E-state index in [2.05, 4.69) is 0 Å². The molecule has 2 aromatic carbocycles. The van der Waals surface area contributed by atoms with E-state index >= 15 is 0 Å². The summed E-state index contributed by atoms with van der Waals surface area (Å²) in [6.45, 7) is -1.44. The van der Waals surface area contributed by atoms with Crippen molar-refractivity contribution in [3.63, 3.8) is 0 Å². The average Bonchev–Trinajstić information content (AvgIpc) is 2.93. The molecule has 2 aliphatic rings. The Morgan fingerprint density at radius 1 is 0.763 bits per heavy atom. The Morgan fingerprint density at radius 3 is 2.03 bits per heavy atom. The number of aliphatic hydroxyl groups excluding tert-OH is 7. The molecule has 208 valence electrons. The summed E-state index contributed by atoms with van der Waals surface area (Å²) < 4.78 is 21.9. The highest BCUT2D eigenvalue weighted by molar-refractivity contribution is 6.10. The van der Waals surface area contributed by atoms with Gasteiger partial charge < -0.3 is 59.8 Å². The van der Waals surface area contributed by atoms with Crippen LogP contribution < -0.4 is 4.74 Å². The summed E-state index contributed by atoms with van der Waals surface area (Å²) in [5.74, 6) is -0.842. The normalized spacial score (nSPS) is 35.6. The standard InChI is InChI=1S/C25H30O13/c26-9-15-18(30)19(31)21(33)25(36-15)38-23-16(10-27)37-24(22(34)20(23)32)35-12-6-7-13(14(28)8-12)17(29)11-4-2-1-3-5-11/h1-8,15-16,18-28,30-34H,9-10H2/t15-,16-,18+,19+,20-,21-,22-,23-,24?,25+/m1/s1. The third-order valence-corrected chi connectivity index (χ3v) is 6.46. The van der Waals surface area contributed by atoms with E-state index in [0.717, 1.165) is 6.07 Å². The Kier molecular flexibility index (Phi) is 8.95. The molecule has 0 amide bonds. The maximum Gasteiger partial charge on any atom is 0.229 e. The number of phenolic OH excluding ortho intramolecular Hbond substituents is 1. The largest absolute Gasteiger partial charge is 0.507 e. The van der Waals surface area contributed by atoms with Crippen molar-refractivity contribution >= 4 is 5.78 Å². The van der Waals surface area contributed by atoms with Crippen LogP contribution in [0.15, 0.2) is 48.5 Å². The molecular weight excluding hydrogens is 508 g/mol. The first-order valence-electron chi connectivity index (χ1n) is 11.8. The number of hydrogen-bond acceptors (Lipinski definition) is 13. The Hall–Kier alpha value is -2.69. The lowest BCUT2D eigenvalue weighted by Crippen LogP contribution is -2.65. The van der Waals surface area contributed by atoms with E-state index in [-0.39, 0.29) is 11.3 Å². The summed E-state index contributed by atoms with van der Waals surface area (Å²) in [5, 5.41) is 81.0. The third kappa shape index (κ3) is 5.67. The Labute approximate surface area is 216 Å². The molecule has 0 spiro atoms. The van der Waals surface area contributed by atoms with Gasteiger partial charge in [0.25, 0.3) is 0 Å². The fourth-order valence-electron chi connectivity index (χ4n) is 4.31. The van der Waals surface area contributed by atoms with E-state index in [1.54, 1.807) is 30.3 Å². The Morgan fingerprint density at radius 2 is 1.39 bits per heavy atom. The van der Waals surface area contributed by atoms with Crippen molar-refractivity contribution in [2.45, 2.75) is 61.4 Å². The van der Waals surface area contributed by atoms with Crippen LogP contribution in [0.2, 0.25) is 0 Å². The summed E-state index contributed by atoms with van der Waals surface area (Å²) in [6, 6.07) is 12.1. The van der Waals surface area contributed by atoms with Crippen LogP contribution in [-0.4, -0.2) is 121 Å². The molecule has 4 rings (SSSR count). The summed E-state index contributed by atoms with van der Waals surface area (Å²) in [4.78, 5) is 12.6. The highest BCUT2D eigenvalue weighted by Gasteiger charge is 2.51. The highest BCUT2D eigenvalue weighted by atomic mass is 16.7. The number of carbonyl (C=O) groups is 1. The maximum absolute atomic E-state index is 12.6. The summed E-state index contributed by atoms with van der Waals surface area (Å²) >= 11 is 0. The van der Waals surface area contributed by atoms with E-state index in [4.69, 9.17) is 18.9 Å². The summed E-state index contributed by atoms with van der Waals surface area (Å²) in [5.41, 5.74) is 0.372. The zero-order valence-corrected chi connectivity index (χ0v) is 19.9. The quantitative estimate of drug-likeness (QED) is 0.165. The first kappa shape index (κ1) is 28.3. The fraction of sp³-hybridized carbons (Fsp3) is 0.480. The van der Waals surface area contributed by atoms with E-state index in [1.807, 2.05) is 0 Å². The number of aromatic hydroxyl groups is 1. The van der Waals surface area contributed by atoms with E-state index in [1.165, 1.54) is 12.1 Å². The Bertz CT molecular complexity index is 1080. The molecule has 0 saturated carbocycles. The molecule has 2 aliphatic heterocycles. The smallest absolute Gasteiger partial charge is 0.229 e. The van der Waals surface area contributed by atoms with Crippen LogP contribution in [0, 0.1) is 0 Å². The fourth-order valence-corrected chi connectivity index (χ4v) is 4.31. The predicted molar refractivity (Wildman–Crippen MR) is 125 cm³/mol. The van der Waals surface area contributed by atoms with Gasteiger partial charge in [-0.05, 0) is 12.1 Å². The van der Waals surface area contributed by atoms with Gasteiger partial charge in [-0.3, -0.25) is 4.79 Å². The second-order valence-corrected chi connectivity index (χ2v) is 9.00. The molecule has 2 aromatic rings. The number of carbonyl (C=O) groups excluding carboxylic acids is 1. The van der Waals surface area contributed by atoms with Crippen LogP contribution in [0.1, 0.15) is 15.9 Å². The van der Waals surface area contributed by atoms with Crippen LogP contribution in [0.4, 0.5) is 0 Å². The number of ether oxygens (including phenoxy) is 4. The number of phenols is 1. The minimum absolute atomic E-state index is 0.00919. The molecule has 10 atom stereocenters. The van der Waals surface area contributed by atoms with Crippen LogP contribution in [0.3, 0.4) is 0 Å². The van der Waals surface area contributed by atoms with Gasteiger partial charge >= 0.3 is 0 Å². The van der Waals surface area contributed by atoms with Gasteiger partial charge in [-0.1, -0.05) is 30.3 Å². The second-order valence-electron chi connectivity index (χ2n) is 9.00. The molecule has 0 aliphatic carbocycles. The number of rotatable bonds is 8. The van der Waals surface area contributed by atoms with Crippen molar-refractivity contribution in [2.75, 3.05) is 13.2 Å². The predicted octanol–water partition coefficient (Wildman–Crippen LogP) is -2.37. The van der Waals surface area contributed by atoms with Crippen molar-refractivity contribution in [2.24, 2.45) is 0 Å². The monoisotopic (exact) mass is 538 g/mol. The van der Waals surface area contributed by atoms with E-state index in [0.29, 0.717) is 5.56 Å². The molecule has 13 heteroatoms. The maximum atomic E-state index is 12.6. The summed E-state index contributed by atoms with van der Waals surface area (Å²) in [7, 11) is 0. The van der Waals surface area contributed by atoms with Crippen molar-refractivity contribution in [1.82, 2.24) is 0 Å². The number of aliphatic hydroxyl groups is 7. The number of benzene rings is 2. The molecule has 0 radical (unpaired) electrons. The van der Waals surface area contributed by atoms with Crippen LogP contribution in [0.5, 0.6) is 11.5 Å². The number of ketones is 1. The third-order valence-electron chi connectivity index (χ3n) is 6.46. The minimum Gasteiger partial charge on any atom is -0.507 e. The number of hydrogen-bond donors (Lipinski definition) is 8. The van der Waals surface area contributed by atoms with Gasteiger partial charge in [0.2, 0.25) is 6.29 Å². The van der Waals surface area contributed by atoms with E-state index in [9.17, 15) is 45.6 Å². The Balaban J connectivity index is 1.45.